The number of hydrogen-bond donors (Lipinski definition) is 2. The van der Waals surface area contributed by atoms with Crippen LogP contribution in [0.15, 0.2) is 18.2 Å². The average molecular weight is 295 g/mol. The van der Waals surface area contributed by atoms with Crippen molar-refractivity contribution in [3.05, 3.63) is 38.9 Å². The Morgan fingerprint density at radius 3 is 2.67 bits per heavy atom. The van der Waals surface area contributed by atoms with Crippen LogP contribution in [0, 0.1) is 10.1 Å². The first kappa shape index (κ1) is 17.1. The largest absolute Gasteiger partial charge is 0.391 e. The molecule has 2 atom stereocenters. The summed E-state index contributed by atoms with van der Waals surface area (Å²) in [6.45, 7) is 1.91. The fraction of sp³-hybridized carbons (Fsp3) is 0.455. The second-order valence-electron chi connectivity index (χ2n) is 3.84. The van der Waals surface area contributed by atoms with Crippen LogP contribution in [0.2, 0.25) is 5.02 Å². The highest BCUT2D eigenvalue weighted by molar-refractivity contribution is 6.30. The van der Waals surface area contributed by atoms with Crippen molar-refractivity contribution in [2.45, 2.75) is 31.9 Å². The molecular weight excluding hydrogens is 279 g/mol. The van der Waals surface area contributed by atoms with Crippen molar-refractivity contribution in [3.63, 3.8) is 0 Å². The standard InChI is InChI=1S/C11H15ClN2O3.ClH/c1-2-3-10(15)11(13)8-6-7(12)4-5-9(8)14(16)17;/h4-6,10-11,15H,2-3,13H2,1H3;1H/t10-,11+;/m1./s1. The quantitative estimate of drug-likeness (QED) is 0.645. The first-order valence-electron chi connectivity index (χ1n) is 5.34. The van der Waals surface area contributed by atoms with Gasteiger partial charge in [0.2, 0.25) is 0 Å². The summed E-state index contributed by atoms with van der Waals surface area (Å²) in [5.74, 6) is 0. The van der Waals surface area contributed by atoms with E-state index in [2.05, 4.69) is 0 Å². The maximum atomic E-state index is 10.8. The van der Waals surface area contributed by atoms with Crippen LogP contribution in [0.5, 0.6) is 0 Å². The van der Waals surface area contributed by atoms with E-state index in [1.807, 2.05) is 6.92 Å². The monoisotopic (exact) mass is 294 g/mol. The lowest BCUT2D eigenvalue weighted by atomic mass is 9.98. The number of nitro benzene ring substituents is 1. The lowest BCUT2D eigenvalue weighted by Gasteiger charge is -2.18. The van der Waals surface area contributed by atoms with Gasteiger partial charge < -0.3 is 10.8 Å². The minimum absolute atomic E-state index is 0. The number of rotatable bonds is 5. The summed E-state index contributed by atoms with van der Waals surface area (Å²) >= 11 is 5.79. The van der Waals surface area contributed by atoms with Crippen molar-refractivity contribution >= 4 is 29.7 Å². The van der Waals surface area contributed by atoms with Gasteiger partial charge >= 0.3 is 0 Å². The molecule has 0 radical (unpaired) electrons. The lowest BCUT2D eigenvalue weighted by molar-refractivity contribution is -0.385. The summed E-state index contributed by atoms with van der Waals surface area (Å²) in [5, 5.41) is 21.0. The van der Waals surface area contributed by atoms with Crippen LogP contribution in [-0.4, -0.2) is 16.1 Å². The minimum Gasteiger partial charge on any atom is -0.391 e. The number of nitrogens with zero attached hydrogens (tertiary/aromatic N) is 1. The number of halogens is 2. The molecule has 0 heterocycles. The van der Waals surface area contributed by atoms with E-state index < -0.39 is 17.1 Å². The third kappa shape index (κ3) is 4.10. The summed E-state index contributed by atoms with van der Waals surface area (Å²) in [5.41, 5.74) is 5.97. The zero-order valence-corrected chi connectivity index (χ0v) is 11.4. The van der Waals surface area contributed by atoms with E-state index in [4.69, 9.17) is 17.3 Å². The van der Waals surface area contributed by atoms with E-state index in [9.17, 15) is 15.2 Å². The fourth-order valence-corrected chi connectivity index (χ4v) is 1.82. The Hall–Kier alpha value is -0.880. The van der Waals surface area contributed by atoms with Gasteiger partial charge in [-0.3, -0.25) is 10.1 Å². The van der Waals surface area contributed by atoms with E-state index in [0.29, 0.717) is 11.4 Å². The molecule has 0 aliphatic rings. The first-order valence-corrected chi connectivity index (χ1v) is 5.72. The normalized spacial score (nSPS) is 13.6. The summed E-state index contributed by atoms with van der Waals surface area (Å²) in [6.07, 6.45) is 0.436. The van der Waals surface area contributed by atoms with Crippen molar-refractivity contribution in [3.8, 4) is 0 Å². The highest BCUT2D eigenvalue weighted by Crippen LogP contribution is 2.29. The summed E-state index contributed by atoms with van der Waals surface area (Å²) in [6, 6.07) is 3.37. The summed E-state index contributed by atoms with van der Waals surface area (Å²) in [7, 11) is 0. The third-order valence-corrected chi connectivity index (χ3v) is 2.78. The maximum absolute atomic E-state index is 10.8. The Morgan fingerprint density at radius 2 is 2.17 bits per heavy atom. The van der Waals surface area contributed by atoms with E-state index in [0.717, 1.165) is 6.42 Å². The van der Waals surface area contributed by atoms with Crippen LogP contribution < -0.4 is 5.73 Å². The van der Waals surface area contributed by atoms with Gasteiger partial charge in [-0.15, -0.1) is 12.4 Å². The highest BCUT2D eigenvalue weighted by atomic mass is 35.5. The number of hydrogen-bond acceptors (Lipinski definition) is 4. The molecule has 1 aromatic carbocycles. The van der Waals surface area contributed by atoms with E-state index in [1.165, 1.54) is 18.2 Å². The topological polar surface area (TPSA) is 89.4 Å². The summed E-state index contributed by atoms with van der Waals surface area (Å²) < 4.78 is 0. The third-order valence-electron chi connectivity index (χ3n) is 2.54. The number of aliphatic hydroxyl groups is 1. The van der Waals surface area contributed by atoms with Gasteiger partial charge in [-0.1, -0.05) is 24.9 Å². The van der Waals surface area contributed by atoms with Crippen molar-refractivity contribution in [1.82, 2.24) is 0 Å². The smallest absolute Gasteiger partial charge is 0.274 e. The van der Waals surface area contributed by atoms with Crippen LogP contribution in [0.25, 0.3) is 0 Å². The second kappa shape index (κ2) is 7.53. The second-order valence-corrected chi connectivity index (χ2v) is 4.28. The lowest BCUT2D eigenvalue weighted by Crippen LogP contribution is -2.26. The molecule has 5 nitrogen and oxygen atoms in total. The number of benzene rings is 1. The number of nitro groups is 1. The van der Waals surface area contributed by atoms with Gasteiger partial charge in [0.25, 0.3) is 5.69 Å². The molecule has 1 aromatic rings. The van der Waals surface area contributed by atoms with Crippen LogP contribution in [-0.2, 0) is 0 Å². The molecule has 0 unspecified atom stereocenters. The van der Waals surface area contributed by atoms with Gasteiger partial charge in [0.05, 0.1) is 22.6 Å². The molecule has 0 amide bonds. The van der Waals surface area contributed by atoms with Crippen molar-refractivity contribution in [2.24, 2.45) is 5.73 Å². The molecule has 0 spiro atoms. The molecule has 0 aliphatic heterocycles. The predicted octanol–water partition coefficient (Wildman–Crippen LogP) is 2.83. The van der Waals surface area contributed by atoms with E-state index in [1.54, 1.807) is 0 Å². The van der Waals surface area contributed by atoms with Gasteiger partial charge in [0.1, 0.15) is 0 Å². The molecule has 18 heavy (non-hydrogen) atoms. The Labute approximate surface area is 116 Å². The number of nitrogens with two attached hydrogens (primary N) is 1. The molecule has 0 saturated carbocycles. The predicted molar refractivity (Wildman–Crippen MR) is 73.2 cm³/mol. The molecule has 1 rings (SSSR count). The van der Waals surface area contributed by atoms with Gasteiger partial charge in [-0.25, -0.2) is 0 Å². The van der Waals surface area contributed by atoms with Crippen LogP contribution in [0.3, 0.4) is 0 Å². The summed E-state index contributed by atoms with van der Waals surface area (Å²) in [4.78, 5) is 10.3. The van der Waals surface area contributed by atoms with E-state index >= 15 is 0 Å². The zero-order valence-electron chi connectivity index (χ0n) is 9.88. The maximum Gasteiger partial charge on any atom is 0.274 e. The van der Waals surface area contributed by atoms with Gasteiger partial charge in [-0.05, 0) is 18.6 Å². The molecular formula is C11H16Cl2N2O3. The van der Waals surface area contributed by atoms with Crippen LogP contribution >= 0.6 is 24.0 Å². The van der Waals surface area contributed by atoms with Crippen molar-refractivity contribution < 1.29 is 10.0 Å². The Bertz CT molecular complexity index is 415. The molecule has 7 heteroatoms. The molecule has 0 aliphatic carbocycles. The Kier molecular flexibility index (Phi) is 7.16. The molecule has 3 N–H and O–H groups in total. The van der Waals surface area contributed by atoms with Gasteiger partial charge in [0, 0.05) is 11.1 Å². The van der Waals surface area contributed by atoms with Gasteiger partial charge in [0.15, 0.2) is 0 Å². The molecule has 0 bridgehead atoms. The highest BCUT2D eigenvalue weighted by Gasteiger charge is 2.24. The average Bonchev–Trinajstić information content (AvgIpc) is 2.27. The van der Waals surface area contributed by atoms with Gasteiger partial charge in [-0.2, -0.15) is 0 Å². The molecule has 102 valence electrons. The first-order chi connectivity index (χ1) is 7.97. The van der Waals surface area contributed by atoms with Crippen molar-refractivity contribution in [1.29, 1.82) is 0 Å². The SMILES string of the molecule is CCC[C@@H](O)[C@@H](N)c1cc(Cl)ccc1[N+](=O)[O-].Cl. The molecule has 0 aromatic heterocycles. The van der Waals surface area contributed by atoms with Crippen molar-refractivity contribution in [2.75, 3.05) is 0 Å². The number of aliphatic hydroxyl groups excluding tert-OH is 1. The van der Waals surface area contributed by atoms with Crippen LogP contribution in [0.1, 0.15) is 31.4 Å². The Balaban J connectivity index is 0.00000289. The fourth-order valence-electron chi connectivity index (χ4n) is 1.64. The van der Waals surface area contributed by atoms with E-state index in [-0.39, 0.29) is 23.7 Å². The minimum atomic E-state index is -0.808. The van der Waals surface area contributed by atoms with Crippen LogP contribution in [0.4, 0.5) is 5.69 Å². The zero-order chi connectivity index (χ0) is 13.0. The molecule has 0 fully saturated rings. The Morgan fingerprint density at radius 1 is 1.56 bits per heavy atom. The molecule has 0 saturated heterocycles.